The summed E-state index contributed by atoms with van der Waals surface area (Å²) >= 11 is 1.30. The summed E-state index contributed by atoms with van der Waals surface area (Å²) in [5.41, 5.74) is 6.37. The summed E-state index contributed by atoms with van der Waals surface area (Å²) in [4.78, 5) is 22.2. The van der Waals surface area contributed by atoms with Gasteiger partial charge in [0.25, 0.3) is 5.69 Å². The normalized spacial score (nSPS) is 10.6. The maximum atomic E-state index is 11.4. The van der Waals surface area contributed by atoms with Crippen LogP contribution in [0, 0.1) is 10.1 Å². The molecular weight excluding hydrogens is 406 g/mol. The lowest BCUT2D eigenvalue weighted by Gasteiger charge is -2.10. The summed E-state index contributed by atoms with van der Waals surface area (Å²) in [5, 5.41) is 20.5. The minimum atomic E-state index is -0.718. The molecule has 0 aliphatic carbocycles. The molecule has 0 spiro atoms. The predicted molar refractivity (Wildman–Crippen MR) is 113 cm³/mol. The Hall–Kier alpha value is -3.66. The van der Waals surface area contributed by atoms with Crippen LogP contribution in [0.4, 0.5) is 5.69 Å². The Morgan fingerprint density at radius 1 is 1.33 bits per heavy atom. The summed E-state index contributed by atoms with van der Waals surface area (Å²) in [6.45, 7) is 4.24. The maximum absolute atomic E-state index is 11.4. The molecule has 0 aliphatic heterocycles. The van der Waals surface area contributed by atoms with Gasteiger partial charge < -0.3 is 10.5 Å². The molecule has 0 radical (unpaired) electrons. The van der Waals surface area contributed by atoms with E-state index in [1.54, 1.807) is 13.2 Å². The number of nitrogens with zero attached hydrogens (tertiary/aromatic N) is 4. The molecule has 10 heteroatoms. The molecule has 2 aromatic carbocycles. The molecule has 2 N–H and O–H groups in total. The van der Waals surface area contributed by atoms with E-state index >= 15 is 0 Å². The molecule has 0 saturated carbocycles. The first-order chi connectivity index (χ1) is 14.5. The lowest BCUT2D eigenvalue weighted by Crippen LogP contribution is -2.11. The van der Waals surface area contributed by atoms with Gasteiger partial charge in [0, 0.05) is 29.5 Å². The highest BCUT2D eigenvalue weighted by molar-refractivity contribution is 7.98. The number of aromatic nitrogens is 3. The zero-order valence-corrected chi connectivity index (χ0v) is 17.0. The van der Waals surface area contributed by atoms with Gasteiger partial charge in [-0.25, -0.2) is 0 Å². The number of benzene rings is 2. The SMILES string of the molecule is C=CCn1c(SCc2ccc(C(N)=O)cc2[N+](=O)[O-])nnc1-c1ccccc1OC. The van der Waals surface area contributed by atoms with E-state index in [0.717, 1.165) is 5.56 Å². The monoisotopic (exact) mass is 425 g/mol. The summed E-state index contributed by atoms with van der Waals surface area (Å²) < 4.78 is 7.28. The lowest BCUT2D eigenvalue weighted by molar-refractivity contribution is -0.385. The molecule has 1 amide bonds. The fraction of sp³-hybridized carbons (Fsp3) is 0.150. The standard InChI is InChI=1S/C20H19N5O4S/c1-3-10-24-19(15-6-4-5-7-17(15)29-2)22-23-20(24)30-12-14-9-8-13(18(21)26)11-16(14)25(27)28/h3-9,11H,1,10,12H2,2H3,(H2,21,26). The molecule has 1 heterocycles. The third kappa shape index (κ3) is 4.33. The van der Waals surface area contributed by atoms with Crippen LogP contribution in [-0.2, 0) is 12.3 Å². The lowest BCUT2D eigenvalue weighted by atomic mass is 10.1. The molecule has 3 rings (SSSR count). The van der Waals surface area contributed by atoms with E-state index in [2.05, 4.69) is 16.8 Å². The van der Waals surface area contributed by atoms with Crippen LogP contribution in [0.5, 0.6) is 5.75 Å². The van der Waals surface area contributed by atoms with Gasteiger partial charge in [0.1, 0.15) is 5.75 Å². The van der Waals surface area contributed by atoms with Gasteiger partial charge in [-0.1, -0.05) is 36.0 Å². The third-order valence-electron chi connectivity index (χ3n) is 4.30. The van der Waals surface area contributed by atoms with E-state index in [4.69, 9.17) is 10.5 Å². The van der Waals surface area contributed by atoms with E-state index < -0.39 is 10.8 Å². The van der Waals surface area contributed by atoms with Crippen molar-refractivity contribution in [2.24, 2.45) is 5.73 Å². The van der Waals surface area contributed by atoms with Gasteiger partial charge in [-0.2, -0.15) is 0 Å². The maximum Gasteiger partial charge on any atom is 0.274 e. The topological polar surface area (TPSA) is 126 Å². The smallest absolute Gasteiger partial charge is 0.274 e. The van der Waals surface area contributed by atoms with Gasteiger partial charge >= 0.3 is 0 Å². The molecule has 0 saturated heterocycles. The zero-order valence-electron chi connectivity index (χ0n) is 16.1. The number of methoxy groups -OCH3 is 1. The summed E-state index contributed by atoms with van der Waals surface area (Å²) in [5.74, 6) is 0.804. The van der Waals surface area contributed by atoms with Gasteiger partial charge in [0.05, 0.1) is 17.6 Å². The number of thioether (sulfide) groups is 1. The van der Waals surface area contributed by atoms with E-state index in [0.29, 0.717) is 28.8 Å². The number of hydrogen-bond donors (Lipinski definition) is 1. The number of allylic oxidation sites excluding steroid dienone is 1. The Balaban J connectivity index is 1.93. The van der Waals surface area contributed by atoms with Gasteiger partial charge in [-0.05, 0) is 18.2 Å². The molecule has 0 atom stereocenters. The zero-order chi connectivity index (χ0) is 21.7. The van der Waals surface area contributed by atoms with Gasteiger partial charge in [0.15, 0.2) is 11.0 Å². The molecule has 3 aromatic rings. The molecular formula is C20H19N5O4S. The fourth-order valence-corrected chi connectivity index (χ4v) is 3.81. The summed E-state index contributed by atoms with van der Waals surface area (Å²) in [6.07, 6.45) is 1.72. The van der Waals surface area contributed by atoms with Crippen LogP contribution in [0.3, 0.4) is 0 Å². The Kier molecular flexibility index (Phi) is 6.48. The highest BCUT2D eigenvalue weighted by atomic mass is 32.2. The Morgan fingerprint density at radius 2 is 2.10 bits per heavy atom. The van der Waals surface area contributed by atoms with Crippen molar-refractivity contribution in [3.8, 4) is 17.1 Å². The first-order valence-electron chi connectivity index (χ1n) is 8.83. The van der Waals surface area contributed by atoms with Crippen molar-refractivity contribution in [3.05, 3.63) is 76.4 Å². The number of para-hydroxylation sites is 1. The second kappa shape index (κ2) is 9.23. The van der Waals surface area contributed by atoms with Crippen molar-refractivity contribution in [2.75, 3.05) is 7.11 Å². The number of primary amides is 1. The molecule has 30 heavy (non-hydrogen) atoms. The van der Waals surface area contributed by atoms with Crippen LogP contribution in [0.1, 0.15) is 15.9 Å². The van der Waals surface area contributed by atoms with Crippen molar-refractivity contribution in [1.29, 1.82) is 0 Å². The van der Waals surface area contributed by atoms with Crippen LogP contribution >= 0.6 is 11.8 Å². The van der Waals surface area contributed by atoms with E-state index in [1.165, 1.54) is 30.0 Å². The Morgan fingerprint density at radius 3 is 2.77 bits per heavy atom. The molecule has 9 nitrogen and oxygen atoms in total. The average molecular weight is 425 g/mol. The first kappa shape index (κ1) is 21.1. The number of nitro groups is 1. The number of ether oxygens (including phenoxy) is 1. The van der Waals surface area contributed by atoms with Crippen molar-refractivity contribution >= 4 is 23.4 Å². The van der Waals surface area contributed by atoms with Gasteiger partial charge in [-0.3, -0.25) is 19.5 Å². The van der Waals surface area contributed by atoms with E-state index in [-0.39, 0.29) is 17.0 Å². The van der Waals surface area contributed by atoms with Crippen molar-refractivity contribution in [2.45, 2.75) is 17.5 Å². The number of nitro benzene ring substituents is 1. The van der Waals surface area contributed by atoms with Crippen LogP contribution in [0.2, 0.25) is 0 Å². The predicted octanol–water partition coefficient (Wildman–Crippen LogP) is 3.44. The molecule has 154 valence electrons. The van der Waals surface area contributed by atoms with Crippen LogP contribution in [0.15, 0.2) is 60.3 Å². The fourth-order valence-electron chi connectivity index (χ4n) is 2.87. The van der Waals surface area contributed by atoms with Crippen LogP contribution in [-0.4, -0.2) is 32.7 Å². The number of amides is 1. The van der Waals surface area contributed by atoms with Crippen LogP contribution in [0.25, 0.3) is 11.4 Å². The highest BCUT2D eigenvalue weighted by Gasteiger charge is 2.20. The van der Waals surface area contributed by atoms with E-state index in [1.807, 2.05) is 28.8 Å². The number of rotatable bonds is 9. The molecule has 0 bridgehead atoms. The number of carbonyl (C=O) groups is 1. The second-order valence-electron chi connectivity index (χ2n) is 6.16. The number of carbonyl (C=O) groups excluding carboxylic acids is 1. The summed E-state index contributed by atoms with van der Waals surface area (Å²) in [6, 6.07) is 11.6. The van der Waals surface area contributed by atoms with Crippen molar-refractivity contribution in [1.82, 2.24) is 14.8 Å². The first-order valence-corrected chi connectivity index (χ1v) is 9.82. The molecule has 1 aromatic heterocycles. The highest BCUT2D eigenvalue weighted by Crippen LogP contribution is 2.33. The largest absolute Gasteiger partial charge is 0.496 e. The van der Waals surface area contributed by atoms with Gasteiger partial charge in [0.2, 0.25) is 5.91 Å². The van der Waals surface area contributed by atoms with Crippen molar-refractivity contribution < 1.29 is 14.5 Å². The average Bonchev–Trinajstić information content (AvgIpc) is 3.14. The molecule has 0 unspecified atom stereocenters. The Labute approximate surface area is 176 Å². The van der Waals surface area contributed by atoms with Crippen molar-refractivity contribution in [3.63, 3.8) is 0 Å². The summed E-state index contributed by atoms with van der Waals surface area (Å²) in [7, 11) is 1.58. The quantitative estimate of drug-likeness (QED) is 0.241. The van der Waals surface area contributed by atoms with E-state index in [9.17, 15) is 14.9 Å². The third-order valence-corrected chi connectivity index (χ3v) is 5.32. The Bertz CT molecular complexity index is 1110. The van der Waals surface area contributed by atoms with Crippen LogP contribution < -0.4 is 10.5 Å². The molecule has 0 aliphatic rings. The second-order valence-corrected chi connectivity index (χ2v) is 7.10. The minimum absolute atomic E-state index is 0.0868. The molecule has 0 fully saturated rings. The van der Waals surface area contributed by atoms with Gasteiger partial charge in [-0.15, -0.1) is 16.8 Å². The number of nitrogens with two attached hydrogens (primary N) is 1. The number of hydrogen-bond acceptors (Lipinski definition) is 7. The minimum Gasteiger partial charge on any atom is -0.496 e.